The molecule has 132 valence electrons. The van der Waals surface area contributed by atoms with Crippen LogP contribution in [0, 0.1) is 5.82 Å². The van der Waals surface area contributed by atoms with Gasteiger partial charge < -0.3 is 10.1 Å². The molecule has 1 amide bonds. The molecule has 1 saturated heterocycles. The number of carbonyl (C=O) groups is 1. The minimum atomic E-state index is -0.287. The van der Waals surface area contributed by atoms with Crippen molar-refractivity contribution in [2.75, 3.05) is 19.8 Å². The topological polar surface area (TPSA) is 38.3 Å². The molecule has 0 saturated carbocycles. The quantitative estimate of drug-likeness (QED) is 0.852. The van der Waals surface area contributed by atoms with Crippen LogP contribution in [0.25, 0.3) is 0 Å². The number of halogens is 1. The second-order valence-electron chi connectivity index (χ2n) is 6.29. The number of nitrogens with one attached hydrogen (secondary N) is 1. The van der Waals surface area contributed by atoms with Crippen LogP contribution in [-0.2, 0) is 16.0 Å². The fourth-order valence-corrected chi connectivity index (χ4v) is 4.22. The van der Waals surface area contributed by atoms with E-state index in [1.165, 1.54) is 17.0 Å². The molecule has 0 spiro atoms. The number of benzene rings is 2. The zero-order valence-corrected chi connectivity index (χ0v) is 14.9. The van der Waals surface area contributed by atoms with Crippen molar-refractivity contribution in [1.82, 2.24) is 5.32 Å². The molecule has 0 bridgehead atoms. The van der Waals surface area contributed by atoms with Gasteiger partial charge >= 0.3 is 0 Å². The van der Waals surface area contributed by atoms with Gasteiger partial charge in [0, 0.05) is 29.4 Å². The molecule has 0 aromatic heterocycles. The molecule has 0 radical (unpaired) electrons. The molecule has 0 unspecified atom stereocenters. The minimum absolute atomic E-state index is 0.0360. The molecule has 25 heavy (non-hydrogen) atoms. The highest BCUT2D eigenvalue weighted by Crippen LogP contribution is 2.40. The maximum Gasteiger partial charge on any atom is 0.224 e. The molecule has 1 heterocycles. The lowest BCUT2D eigenvalue weighted by Gasteiger charge is -2.36. The van der Waals surface area contributed by atoms with Crippen molar-refractivity contribution in [3.63, 3.8) is 0 Å². The summed E-state index contributed by atoms with van der Waals surface area (Å²) in [7, 11) is 0. The number of carbonyl (C=O) groups excluding carboxylic acids is 1. The third-order valence-electron chi connectivity index (χ3n) is 4.37. The summed E-state index contributed by atoms with van der Waals surface area (Å²) in [6.45, 7) is 2.04. The van der Waals surface area contributed by atoms with Crippen LogP contribution in [0.15, 0.2) is 59.5 Å². The third-order valence-corrected chi connectivity index (χ3v) is 5.86. The minimum Gasteiger partial charge on any atom is -0.381 e. The first-order valence-corrected chi connectivity index (χ1v) is 9.30. The Hall–Kier alpha value is -1.85. The van der Waals surface area contributed by atoms with Crippen LogP contribution in [0.1, 0.15) is 18.4 Å². The molecule has 0 aliphatic carbocycles. The highest BCUT2D eigenvalue weighted by atomic mass is 32.2. The standard InChI is InChI=1S/C20H22FNO2S/c21-17-8-6-16(7-9-17)14-19(23)22-15-20(10-12-24-13-11-20)25-18-4-2-1-3-5-18/h1-9H,10-15H2,(H,22,23). The molecule has 3 rings (SSSR count). The van der Waals surface area contributed by atoms with E-state index in [9.17, 15) is 9.18 Å². The Morgan fingerprint density at radius 3 is 2.44 bits per heavy atom. The normalized spacial score (nSPS) is 16.4. The predicted octanol–water partition coefficient (Wildman–Crippen LogP) is 3.83. The van der Waals surface area contributed by atoms with Gasteiger partial charge in [-0.25, -0.2) is 4.39 Å². The molecular formula is C20H22FNO2S. The lowest BCUT2D eigenvalue weighted by Crippen LogP contribution is -2.44. The smallest absolute Gasteiger partial charge is 0.224 e. The van der Waals surface area contributed by atoms with Gasteiger partial charge in [-0.2, -0.15) is 0 Å². The zero-order chi connectivity index (χ0) is 17.5. The van der Waals surface area contributed by atoms with E-state index in [1.54, 1.807) is 12.1 Å². The fraction of sp³-hybridized carbons (Fsp3) is 0.350. The highest BCUT2D eigenvalue weighted by molar-refractivity contribution is 8.00. The Morgan fingerprint density at radius 1 is 1.08 bits per heavy atom. The third kappa shape index (κ3) is 5.31. The van der Waals surface area contributed by atoms with Crippen molar-refractivity contribution in [3.8, 4) is 0 Å². The van der Waals surface area contributed by atoms with Crippen LogP contribution in [-0.4, -0.2) is 30.4 Å². The number of thioether (sulfide) groups is 1. The SMILES string of the molecule is O=C(Cc1ccc(F)cc1)NCC1(Sc2ccccc2)CCOCC1. The summed E-state index contributed by atoms with van der Waals surface area (Å²) in [5.74, 6) is -0.323. The van der Waals surface area contributed by atoms with Crippen LogP contribution < -0.4 is 5.32 Å². The van der Waals surface area contributed by atoms with Gasteiger partial charge in [-0.3, -0.25) is 4.79 Å². The zero-order valence-electron chi connectivity index (χ0n) is 14.0. The van der Waals surface area contributed by atoms with Crippen molar-refractivity contribution in [2.45, 2.75) is 28.9 Å². The Balaban J connectivity index is 1.60. The molecular weight excluding hydrogens is 337 g/mol. The van der Waals surface area contributed by atoms with Gasteiger partial charge in [0.2, 0.25) is 5.91 Å². The number of hydrogen-bond acceptors (Lipinski definition) is 3. The number of hydrogen-bond donors (Lipinski definition) is 1. The Labute approximate surface area is 152 Å². The first kappa shape index (κ1) is 18.0. The van der Waals surface area contributed by atoms with Crippen molar-refractivity contribution >= 4 is 17.7 Å². The maximum absolute atomic E-state index is 13.0. The van der Waals surface area contributed by atoms with Gasteiger partial charge in [0.25, 0.3) is 0 Å². The first-order chi connectivity index (χ1) is 12.2. The highest BCUT2D eigenvalue weighted by Gasteiger charge is 2.34. The molecule has 5 heteroatoms. The van der Waals surface area contributed by atoms with Crippen molar-refractivity contribution in [3.05, 3.63) is 66.0 Å². The van der Waals surface area contributed by atoms with Crippen LogP contribution >= 0.6 is 11.8 Å². The van der Waals surface area contributed by atoms with E-state index >= 15 is 0 Å². The van der Waals surface area contributed by atoms with E-state index in [1.807, 2.05) is 30.0 Å². The lowest BCUT2D eigenvalue weighted by atomic mass is 9.99. The number of amides is 1. The summed E-state index contributed by atoms with van der Waals surface area (Å²) in [6, 6.07) is 16.3. The monoisotopic (exact) mass is 359 g/mol. The van der Waals surface area contributed by atoms with Crippen LogP contribution in [0.3, 0.4) is 0 Å². The van der Waals surface area contributed by atoms with Crippen LogP contribution in [0.4, 0.5) is 4.39 Å². The molecule has 1 fully saturated rings. The first-order valence-electron chi connectivity index (χ1n) is 8.48. The van der Waals surface area contributed by atoms with Gasteiger partial charge in [-0.05, 0) is 42.7 Å². The van der Waals surface area contributed by atoms with Gasteiger partial charge in [0.05, 0.1) is 6.42 Å². The average Bonchev–Trinajstić information content (AvgIpc) is 2.64. The molecule has 1 aliphatic heterocycles. The second kappa shape index (κ2) is 8.50. The summed E-state index contributed by atoms with van der Waals surface area (Å²) < 4.78 is 18.4. The fourth-order valence-electron chi connectivity index (χ4n) is 2.91. The van der Waals surface area contributed by atoms with E-state index in [2.05, 4.69) is 17.4 Å². The van der Waals surface area contributed by atoms with Crippen LogP contribution in [0.5, 0.6) is 0 Å². The molecule has 1 N–H and O–H groups in total. The van der Waals surface area contributed by atoms with E-state index in [4.69, 9.17) is 4.74 Å². The molecule has 0 atom stereocenters. The van der Waals surface area contributed by atoms with Gasteiger partial charge in [0.1, 0.15) is 5.82 Å². The predicted molar refractivity (Wildman–Crippen MR) is 98.2 cm³/mol. The number of ether oxygens (including phenoxy) is 1. The summed E-state index contributed by atoms with van der Waals surface area (Å²) >= 11 is 1.82. The van der Waals surface area contributed by atoms with E-state index < -0.39 is 0 Å². The Bertz CT molecular complexity index is 685. The molecule has 1 aliphatic rings. The van der Waals surface area contributed by atoms with Crippen LogP contribution in [0.2, 0.25) is 0 Å². The molecule has 3 nitrogen and oxygen atoms in total. The molecule has 2 aromatic rings. The largest absolute Gasteiger partial charge is 0.381 e. The van der Waals surface area contributed by atoms with E-state index in [-0.39, 0.29) is 22.9 Å². The summed E-state index contributed by atoms with van der Waals surface area (Å²) in [5, 5.41) is 3.07. The summed E-state index contributed by atoms with van der Waals surface area (Å²) in [4.78, 5) is 13.5. The van der Waals surface area contributed by atoms with E-state index in [0.29, 0.717) is 19.8 Å². The Morgan fingerprint density at radius 2 is 1.76 bits per heavy atom. The number of rotatable bonds is 6. The lowest BCUT2D eigenvalue weighted by molar-refractivity contribution is -0.120. The Kier molecular flexibility index (Phi) is 6.10. The van der Waals surface area contributed by atoms with E-state index in [0.717, 1.165) is 18.4 Å². The van der Waals surface area contributed by atoms with Gasteiger partial charge in [-0.1, -0.05) is 30.3 Å². The van der Waals surface area contributed by atoms with Gasteiger partial charge in [0.15, 0.2) is 0 Å². The maximum atomic E-state index is 13.0. The van der Waals surface area contributed by atoms with Crippen molar-refractivity contribution < 1.29 is 13.9 Å². The van der Waals surface area contributed by atoms with Gasteiger partial charge in [-0.15, -0.1) is 11.8 Å². The average molecular weight is 359 g/mol. The summed E-state index contributed by atoms with van der Waals surface area (Å²) in [5.41, 5.74) is 0.815. The molecule has 2 aromatic carbocycles. The second-order valence-corrected chi connectivity index (χ2v) is 7.83. The van der Waals surface area contributed by atoms with Crippen molar-refractivity contribution in [2.24, 2.45) is 0 Å². The summed E-state index contributed by atoms with van der Waals surface area (Å²) in [6.07, 6.45) is 2.08. The van der Waals surface area contributed by atoms with Crippen molar-refractivity contribution in [1.29, 1.82) is 0 Å².